The number of primary sulfonamides is 1. The van der Waals surface area contributed by atoms with Gasteiger partial charge in [-0.25, -0.2) is 13.6 Å². The van der Waals surface area contributed by atoms with Crippen molar-refractivity contribution in [2.45, 2.75) is 24.7 Å². The van der Waals surface area contributed by atoms with Crippen LogP contribution in [-0.2, 0) is 16.4 Å². The first kappa shape index (κ1) is 15.8. The van der Waals surface area contributed by atoms with Crippen LogP contribution in [0.1, 0.15) is 24.5 Å². The van der Waals surface area contributed by atoms with Crippen LogP contribution in [0.25, 0.3) is 6.08 Å². The molecule has 0 saturated carbocycles. The lowest BCUT2D eigenvalue weighted by Crippen LogP contribution is -2.23. The molecule has 4 nitrogen and oxygen atoms in total. The number of fused-ring (bicyclic) bond motifs is 1. The fraction of sp³-hybridized carbons (Fsp3) is 0.222. The van der Waals surface area contributed by atoms with Crippen molar-refractivity contribution in [2.75, 3.05) is 11.4 Å². The van der Waals surface area contributed by atoms with Gasteiger partial charge >= 0.3 is 0 Å². The van der Waals surface area contributed by atoms with Crippen LogP contribution in [0.15, 0.2) is 53.4 Å². The first-order valence-corrected chi connectivity index (χ1v) is 9.25. The second kappa shape index (κ2) is 6.18. The summed E-state index contributed by atoms with van der Waals surface area (Å²) < 4.78 is 23.9. The van der Waals surface area contributed by atoms with Gasteiger partial charge < -0.3 is 4.90 Å². The SMILES string of the molecule is CCCc1c(N2CC=Cc3ccccc32)cccc1S(N)(=O)=O. The molecule has 1 aliphatic heterocycles. The molecule has 1 heterocycles. The van der Waals surface area contributed by atoms with Gasteiger partial charge in [-0.15, -0.1) is 0 Å². The average molecular weight is 328 g/mol. The Balaban J connectivity index is 2.19. The minimum absolute atomic E-state index is 0.226. The molecule has 0 fully saturated rings. The molecule has 0 amide bonds. The number of benzene rings is 2. The summed E-state index contributed by atoms with van der Waals surface area (Å²) in [4.78, 5) is 2.37. The number of hydrogen-bond donors (Lipinski definition) is 1. The normalized spacial score (nSPS) is 13.9. The lowest BCUT2D eigenvalue weighted by molar-refractivity contribution is 0.596. The molecular formula is C18H20N2O2S. The summed E-state index contributed by atoms with van der Waals surface area (Å²) in [5, 5.41) is 5.42. The molecule has 0 unspecified atom stereocenters. The molecule has 2 aromatic carbocycles. The molecule has 0 spiro atoms. The van der Waals surface area contributed by atoms with Gasteiger partial charge in [-0.2, -0.15) is 0 Å². The monoisotopic (exact) mass is 328 g/mol. The van der Waals surface area contributed by atoms with Crippen molar-refractivity contribution in [3.63, 3.8) is 0 Å². The van der Waals surface area contributed by atoms with Gasteiger partial charge in [0, 0.05) is 17.9 Å². The van der Waals surface area contributed by atoms with Crippen LogP contribution >= 0.6 is 0 Å². The van der Waals surface area contributed by atoms with Crippen LogP contribution in [0.3, 0.4) is 0 Å². The number of anilines is 2. The van der Waals surface area contributed by atoms with E-state index in [9.17, 15) is 8.42 Å². The lowest BCUT2D eigenvalue weighted by atomic mass is 10.0. The number of sulfonamides is 1. The topological polar surface area (TPSA) is 63.4 Å². The standard InChI is InChI=1S/C18H20N2O2S/c1-2-7-15-17(11-5-12-18(15)23(19,21)22)20-13-6-9-14-8-3-4-10-16(14)20/h3-6,8-12H,2,7,13H2,1H3,(H2,19,21,22). The molecule has 0 aliphatic carbocycles. The van der Waals surface area contributed by atoms with Gasteiger partial charge in [0.15, 0.2) is 0 Å². The first-order chi connectivity index (χ1) is 11.0. The van der Waals surface area contributed by atoms with E-state index < -0.39 is 10.0 Å². The average Bonchev–Trinajstić information content (AvgIpc) is 2.54. The Morgan fingerprint density at radius 3 is 2.57 bits per heavy atom. The molecular weight excluding hydrogens is 308 g/mol. The van der Waals surface area contributed by atoms with Crippen LogP contribution in [0.2, 0.25) is 0 Å². The summed E-state index contributed by atoms with van der Waals surface area (Å²) in [6, 6.07) is 13.4. The van der Waals surface area contributed by atoms with Crippen molar-refractivity contribution in [3.05, 3.63) is 59.7 Å². The Kier molecular flexibility index (Phi) is 4.24. The maximum absolute atomic E-state index is 12.0. The van der Waals surface area contributed by atoms with Crippen LogP contribution in [0.4, 0.5) is 11.4 Å². The zero-order chi connectivity index (χ0) is 16.4. The Hall–Kier alpha value is -2.11. The minimum atomic E-state index is -3.74. The van der Waals surface area contributed by atoms with E-state index in [0.29, 0.717) is 13.0 Å². The van der Waals surface area contributed by atoms with Crippen molar-refractivity contribution in [1.29, 1.82) is 0 Å². The molecule has 2 N–H and O–H groups in total. The predicted molar refractivity (Wildman–Crippen MR) is 94.3 cm³/mol. The van der Waals surface area contributed by atoms with Crippen LogP contribution in [0.5, 0.6) is 0 Å². The van der Waals surface area contributed by atoms with E-state index in [1.807, 2.05) is 25.1 Å². The molecule has 0 aromatic heterocycles. The van der Waals surface area contributed by atoms with Gasteiger partial charge in [0.1, 0.15) is 0 Å². The third kappa shape index (κ3) is 3.02. The lowest BCUT2D eigenvalue weighted by Gasteiger charge is -2.30. The van der Waals surface area contributed by atoms with Crippen LogP contribution in [0, 0.1) is 0 Å². The number of nitrogens with two attached hydrogens (primary N) is 1. The largest absolute Gasteiger partial charge is 0.337 e. The van der Waals surface area contributed by atoms with E-state index in [2.05, 4.69) is 29.2 Å². The van der Waals surface area contributed by atoms with Crippen LogP contribution in [-0.4, -0.2) is 15.0 Å². The third-order valence-corrected chi connectivity index (χ3v) is 5.01. The van der Waals surface area contributed by atoms with Gasteiger partial charge in [0.2, 0.25) is 10.0 Å². The number of hydrogen-bond acceptors (Lipinski definition) is 3. The zero-order valence-corrected chi connectivity index (χ0v) is 13.9. The van der Waals surface area contributed by atoms with Gasteiger partial charge in [0.25, 0.3) is 0 Å². The summed E-state index contributed by atoms with van der Waals surface area (Å²) >= 11 is 0. The third-order valence-electron chi connectivity index (χ3n) is 4.02. The maximum atomic E-state index is 12.0. The minimum Gasteiger partial charge on any atom is -0.337 e. The van der Waals surface area contributed by atoms with E-state index >= 15 is 0 Å². The van der Waals surface area contributed by atoms with E-state index in [4.69, 9.17) is 5.14 Å². The molecule has 1 aliphatic rings. The smallest absolute Gasteiger partial charge is 0.238 e. The number of rotatable bonds is 4. The Labute approximate surface area is 137 Å². The summed E-state index contributed by atoms with van der Waals surface area (Å²) in [6.45, 7) is 2.75. The van der Waals surface area contributed by atoms with Gasteiger partial charge in [0.05, 0.1) is 4.90 Å². The van der Waals surface area contributed by atoms with Crippen molar-refractivity contribution in [3.8, 4) is 0 Å². The van der Waals surface area contributed by atoms with Crippen molar-refractivity contribution < 1.29 is 8.42 Å². The zero-order valence-electron chi connectivity index (χ0n) is 13.1. The van der Waals surface area contributed by atoms with Gasteiger partial charge in [-0.3, -0.25) is 0 Å². The number of para-hydroxylation sites is 1. The first-order valence-electron chi connectivity index (χ1n) is 7.70. The highest BCUT2D eigenvalue weighted by Gasteiger charge is 2.22. The highest BCUT2D eigenvalue weighted by Crippen LogP contribution is 2.36. The molecule has 2 aromatic rings. The van der Waals surface area contributed by atoms with Crippen molar-refractivity contribution in [1.82, 2.24) is 0 Å². The maximum Gasteiger partial charge on any atom is 0.238 e. The predicted octanol–water partition coefficient (Wildman–Crippen LogP) is 3.45. The molecule has 23 heavy (non-hydrogen) atoms. The van der Waals surface area contributed by atoms with Crippen LogP contribution < -0.4 is 10.0 Å². The molecule has 5 heteroatoms. The summed E-state index contributed by atoms with van der Waals surface area (Å²) in [7, 11) is -3.74. The molecule has 0 atom stereocenters. The molecule has 3 rings (SSSR count). The second-order valence-corrected chi connectivity index (χ2v) is 7.15. The Bertz CT molecular complexity index is 857. The molecule has 0 saturated heterocycles. The second-order valence-electron chi connectivity index (χ2n) is 5.62. The van der Waals surface area contributed by atoms with Gasteiger partial charge in [-0.05, 0) is 35.7 Å². The highest BCUT2D eigenvalue weighted by molar-refractivity contribution is 7.89. The quantitative estimate of drug-likeness (QED) is 0.935. The molecule has 0 radical (unpaired) electrons. The fourth-order valence-electron chi connectivity index (χ4n) is 3.06. The summed E-state index contributed by atoms with van der Waals surface area (Å²) in [6.07, 6.45) is 5.70. The Morgan fingerprint density at radius 2 is 1.83 bits per heavy atom. The fourth-order valence-corrected chi connectivity index (χ4v) is 3.88. The van der Waals surface area contributed by atoms with E-state index in [-0.39, 0.29) is 4.90 Å². The van der Waals surface area contributed by atoms with Crippen molar-refractivity contribution in [2.24, 2.45) is 5.14 Å². The van der Waals surface area contributed by atoms with E-state index in [1.54, 1.807) is 12.1 Å². The van der Waals surface area contributed by atoms with E-state index in [1.165, 1.54) is 0 Å². The molecule has 0 bridgehead atoms. The van der Waals surface area contributed by atoms with Crippen molar-refractivity contribution >= 4 is 27.5 Å². The van der Waals surface area contributed by atoms with Gasteiger partial charge in [-0.1, -0.05) is 49.8 Å². The highest BCUT2D eigenvalue weighted by atomic mass is 32.2. The summed E-state index contributed by atoms with van der Waals surface area (Å²) in [5.74, 6) is 0. The number of nitrogens with zero attached hydrogens (tertiary/aromatic N) is 1. The van der Waals surface area contributed by atoms with E-state index in [0.717, 1.165) is 28.9 Å². The summed E-state index contributed by atoms with van der Waals surface area (Å²) in [5.41, 5.74) is 3.92. The molecule has 120 valence electrons. The Morgan fingerprint density at radius 1 is 1.09 bits per heavy atom.